The molecule has 2 aliphatic heterocycles. The Balaban J connectivity index is 0.000000277. The number of alkyl halides is 1. The smallest absolute Gasteiger partial charge is 0.407 e. The van der Waals surface area contributed by atoms with Crippen LogP contribution in [0.15, 0.2) is 85.2 Å². The van der Waals surface area contributed by atoms with E-state index in [1.807, 2.05) is 130 Å². The number of carbonyl (C=O) groups excluding carboxylic acids is 2. The predicted octanol–water partition coefficient (Wildman–Crippen LogP) is 16.2. The molecular weight excluding hydrogens is 1050 g/mol. The molecule has 4 heterocycles. The normalized spacial score (nSPS) is 17.9. The van der Waals surface area contributed by atoms with Crippen LogP contribution in [0.2, 0.25) is 10.0 Å². The molecule has 0 radical (unpaired) electrons. The first kappa shape index (κ1) is 65.5. The zero-order valence-electron chi connectivity index (χ0n) is 48.9. The van der Waals surface area contributed by atoms with Crippen LogP contribution in [0, 0.1) is 0 Å². The van der Waals surface area contributed by atoms with Crippen molar-refractivity contribution in [3.63, 3.8) is 0 Å². The highest BCUT2D eigenvalue weighted by Crippen LogP contribution is 2.40. The van der Waals surface area contributed by atoms with Gasteiger partial charge >= 0.3 is 12.2 Å². The van der Waals surface area contributed by atoms with Crippen molar-refractivity contribution in [1.29, 1.82) is 0 Å². The highest BCUT2D eigenvalue weighted by molar-refractivity contribution is 9.08. The Morgan fingerprint density at radius 3 is 1.24 bits per heavy atom. The first-order chi connectivity index (χ1) is 34.1. The lowest BCUT2D eigenvalue weighted by Crippen LogP contribution is -2.64. The van der Waals surface area contributed by atoms with Gasteiger partial charge in [0.25, 0.3) is 0 Å². The third-order valence-electron chi connectivity index (χ3n) is 12.5. The van der Waals surface area contributed by atoms with Gasteiger partial charge < -0.3 is 25.3 Å². The summed E-state index contributed by atoms with van der Waals surface area (Å²) in [5.74, 6) is 0. The minimum atomic E-state index is -0.502. The molecule has 2 saturated heterocycles. The molecule has 12 nitrogen and oxygen atoms in total. The van der Waals surface area contributed by atoms with Crippen LogP contribution in [-0.2, 0) is 37.1 Å². The Hall–Kier alpha value is -3.82. The minimum Gasteiger partial charge on any atom is -0.444 e. The molecule has 6 rings (SSSR count). The fourth-order valence-corrected chi connectivity index (χ4v) is 10.0. The molecule has 418 valence electrons. The van der Waals surface area contributed by atoms with E-state index < -0.39 is 17.3 Å². The van der Waals surface area contributed by atoms with Crippen molar-refractivity contribution in [2.45, 2.75) is 232 Å². The second kappa shape index (κ2) is 26.2. The molecule has 0 bridgehead atoms. The number of carbonyl (C=O) groups is 2. The molecule has 2 amide bonds. The molecule has 2 fully saturated rings. The largest absolute Gasteiger partial charge is 0.444 e. The lowest BCUT2D eigenvalue weighted by Gasteiger charge is -2.53. The topological polar surface area (TPSA) is 138 Å². The number of benzene rings is 2. The fraction of sp³-hybridized carbons (Fsp3) is 0.600. The number of nitrogens with zero attached hydrogens (tertiary/aromatic N) is 4. The number of pyridine rings is 2. The van der Waals surface area contributed by atoms with Crippen LogP contribution >= 0.6 is 39.1 Å². The van der Waals surface area contributed by atoms with Gasteiger partial charge in [-0.2, -0.15) is 10.1 Å². The zero-order chi connectivity index (χ0) is 57.2. The molecule has 15 heteroatoms. The number of hydroxylamine groups is 4. The van der Waals surface area contributed by atoms with Crippen molar-refractivity contribution in [3.05, 3.63) is 117 Å². The van der Waals surface area contributed by atoms with Gasteiger partial charge in [-0.1, -0.05) is 105 Å². The number of ether oxygens (including phenoxy) is 2. The van der Waals surface area contributed by atoms with Crippen LogP contribution in [0.1, 0.15) is 186 Å². The fourth-order valence-electron chi connectivity index (χ4n) is 9.40. The third-order valence-corrected chi connectivity index (χ3v) is 13.7. The highest BCUT2D eigenvalue weighted by Gasteiger charge is 2.48. The van der Waals surface area contributed by atoms with Gasteiger partial charge in [-0.25, -0.2) is 9.59 Å². The molecule has 0 aliphatic carbocycles. The second-order valence-corrected chi connectivity index (χ2v) is 27.8. The number of hydrogen-bond acceptors (Lipinski definition) is 10. The summed E-state index contributed by atoms with van der Waals surface area (Å²) in [6, 6.07) is 23.9. The maximum absolute atomic E-state index is 12.2. The average Bonchev–Trinajstić information content (AvgIpc) is 3.24. The van der Waals surface area contributed by atoms with Gasteiger partial charge in [-0.15, -0.1) is 0 Å². The van der Waals surface area contributed by atoms with E-state index in [0.29, 0.717) is 24.5 Å². The molecule has 3 N–H and O–H groups in total. The number of nitrogens with one attached hydrogen (secondary N) is 2. The number of rotatable bonds is 7. The van der Waals surface area contributed by atoms with E-state index in [9.17, 15) is 14.8 Å². The number of halogens is 3. The van der Waals surface area contributed by atoms with Crippen molar-refractivity contribution in [3.8, 4) is 11.4 Å². The van der Waals surface area contributed by atoms with Gasteiger partial charge in [0.1, 0.15) is 11.2 Å². The molecule has 75 heavy (non-hydrogen) atoms. The van der Waals surface area contributed by atoms with E-state index in [1.54, 1.807) is 0 Å². The van der Waals surface area contributed by atoms with Crippen molar-refractivity contribution >= 4 is 51.3 Å². The van der Waals surface area contributed by atoms with Gasteiger partial charge in [-0.3, -0.25) is 14.8 Å². The van der Waals surface area contributed by atoms with Crippen molar-refractivity contribution in [1.82, 2.24) is 30.7 Å². The lowest BCUT2D eigenvalue weighted by molar-refractivity contribution is -0.290. The number of amides is 2. The lowest BCUT2D eigenvalue weighted by atomic mass is 9.79. The van der Waals surface area contributed by atoms with E-state index in [4.69, 9.17) is 37.5 Å². The molecule has 0 spiro atoms. The first-order valence-electron chi connectivity index (χ1n) is 26.0. The summed E-state index contributed by atoms with van der Waals surface area (Å²) in [5, 5.41) is 22.0. The maximum Gasteiger partial charge on any atom is 0.407 e. The maximum atomic E-state index is 12.2. The molecule has 0 atom stereocenters. The average molecular weight is 1140 g/mol. The SMILES string of the molecule is CC(C)(C)OC(=O)NC1CC(C)(C)N(O)C(C)(C)C1.CC(C)(C)OC(=O)NC1CC(C)(C)N(OCc2ccc(Cl)cc2)C(C)(C)C1.CC(C)(C)c1ccnc(-c2cc(C(C)(C)C)ccn2)c1.Clc1ccc(CBr)cc1. The number of hydrogen-bond donors (Lipinski definition) is 3. The molecule has 0 unspecified atom stereocenters. The van der Waals surface area contributed by atoms with Crippen LogP contribution in [0.4, 0.5) is 9.59 Å². The molecule has 2 aromatic carbocycles. The Morgan fingerprint density at radius 1 is 0.587 bits per heavy atom. The molecule has 2 aromatic heterocycles. The second-order valence-electron chi connectivity index (χ2n) is 26.4. The zero-order valence-corrected chi connectivity index (χ0v) is 52.0. The predicted molar refractivity (Wildman–Crippen MR) is 312 cm³/mol. The summed E-state index contributed by atoms with van der Waals surface area (Å²) >= 11 is 14.9. The monoisotopic (exact) mass is 1140 g/mol. The third kappa shape index (κ3) is 22.2. The van der Waals surface area contributed by atoms with Crippen molar-refractivity contribution in [2.75, 3.05) is 0 Å². The van der Waals surface area contributed by atoms with E-state index in [2.05, 4.69) is 135 Å². The van der Waals surface area contributed by atoms with Crippen LogP contribution in [0.25, 0.3) is 11.4 Å². The van der Waals surface area contributed by atoms with Crippen molar-refractivity contribution < 1.29 is 29.1 Å². The summed E-state index contributed by atoms with van der Waals surface area (Å²) in [5.41, 5.74) is 4.80. The van der Waals surface area contributed by atoms with Gasteiger partial charge in [-0.05, 0) is 204 Å². The Bertz CT molecular complexity index is 2350. The van der Waals surface area contributed by atoms with Gasteiger partial charge in [0.15, 0.2) is 0 Å². The Kier molecular flexibility index (Phi) is 22.9. The van der Waals surface area contributed by atoms with Crippen LogP contribution in [0.3, 0.4) is 0 Å². The van der Waals surface area contributed by atoms with Gasteiger partial charge in [0, 0.05) is 62.0 Å². The molecule has 2 aliphatic rings. The molecule has 0 saturated carbocycles. The standard InChI is InChI=1S/C21H33ClN2O3.C18H24N2.C14H28N2O3.C7H6BrCl/c1-19(2,3)27-18(25)23-17-12-20(4,5)24(21(6,7)13-17)26-14-15-8-10-16(22)11-9-15;1-17(2,3)13-7-9-19-15(11-13)16-12-14(8-10-20-16)18(4,5)6;1-12(2,3)19-11(17)15-10-8-13(4,5)16(18)14(6,7)9-10;8-5-6-1-3-7(9)4-2-6/h8-11,17H,12-14H2,1-7H3,(H,23,25);7-12H,1-6H3;10,18H,8-9H2,1-7H3,(H,15,17);1-4H,5H2. The van der Waals surface area contributed by atoms with Gasteiger partial charge in [0.05, 0.1) is 18.0 Å². The summed E-state index contributed by atoms with van der Waals surface area (Å²) in [4.78, 5) is 39.2. The van der Waals surface area contributed by atoms with E-state index in [1.165, 1.54) is 21.8 Å². The van der Waals surface area contributed by atoms with E-state index >= 15 is 0 Å². The van der Waals surface area contributed by atoms with Crippen molar-refractivity contribution in [2.24, 2.45) is 0 Å². The van der Waals surface area contributed by atoms with Gasteiger partial charge in [0.2, 0.25) is 0 Å². The van der Waals surface area contributed by atoms with E-state index in [-0.39, 0.29) is 51.2 Å². The summed E-state index contributed by atoms with van der Waals surface area (Å²) < 4.78 is 10.7. The quantitative estimate of drug-likeness (QED) is 0.153. The first-order valence-corrected chi connectivity index (χ1v) is 27.9. The Labute approximate surface area is 469 Å². The summed E-state index contributed by atoms with van der Waals surface area (Å²) in [7, 11) is 0. The molecular formula is C60H91BrCl2N6O6. The number of alkyl carbamates (subject to hydrolysis) is 2. The number of piperidine rings is 2. The summed E-state index contributed by atoms with van der Waals surface area (Å²) in [6.07, 6.45) is 5.92. The highest BCUT2D eigenvalue weighted by atomic mass is 79.9. The van der Waals surface area contributed by atoms with Crippen LogP contribution in [0.5, 0.6) is 0 Å². The summed E-state index contributed by atoms with van der Waals surface area (Å²) in [6.45, 7) is 41.3. The Morgan fingerprint density at radius 2 is 0.920 bits per heavy atom. The van der Waals surface area contributed by atoms with Crippen LogP contribution < -0.4 is 10.6 Å². The minimum absolute atomic E-state index is 0.00301. The van der Waals surface area contributed by atoms with Crippen LogP contribution in [-0.4, -0.2) is 82.9 Å². The van der Waals surface area contributed by atoms with E-state index in [0.717, 1.165) is 40.1 Å². The number of aromatic nitrogens is 2. The molecule has 4 aromatic rings.